The highest BCUT2D eigenvalue weighted by Crippen LogP contribution is 2.32. The molecule has 10 heteroatoms. The Morgan fingerprint density at radius 3 is 2.52 bits per heavy atom. The lowest BCUT2D eigenvalue weighted by molar-refractivity contribution is -0.137. The molecule has 2 aromatic rings. The van der Waals surface area contributed by atoms with Gasteiger partial charge in [-0.25, -0.2) is 0 Å². The Bertz CT molecular complexity index is 792. The third-order valence-electron chi connectivity index (χ3n) is 2.48. The molecule has 0 atom stereocenters. The van der Waals surface area contributed by atoms with Crippen molar-refractivity contribution in [1.82, 2.24) is 10.2 Å². The van der Waals surface area contributed by atoms with E-state index in [9.17, 15) is 21.6 Å². The largest absolute Gasteiger partial charge is 0.416 e. The number of nitriles is 1. The average Bonchev–Trinajstić information content (AvgIpc) is 2.92. The van der Waals surface area contributed by atoms with Gasteiger partial charge in [-0.05, 0) is 24.3 Å². The summed E-state index contributed by atoms with van der Waals surface area (Å²) in [6.07, 6.45) is -3.42. The topological polar surface area (TPSA) is 98.6 Å². The first-order chi connectivity index (χ1) is 9.74. The van der Waals surface area contributed by atoms with Gasteiger partial charge in [-0.15, -0.1) is 0 Å². The van der Waals surface area contributed by atoms with Gasteiger partial charge >= 0.3 is 6.18 Å². The molecule has 6 nitrogen and oxygen atoms in total. The Hall–Kier alpha value is -2.54. The zero-order valence-electron chi connectivity index (χ0n) is 10.1. The Kier molecular flexibility index (Phi) is 3.61. The number of nitrogens with one attached hydrogen (secondary N) is 2. The molecule has 0 saturated carbocycles. The Morgan fingerprint density at radius 2 is 2.00 bits per heavy atom. The summed E-state index contributed by atoms with van der Waals surface area (Å²) >= 11 is 0. The van der Waals surface area contributed by atoms with Gasteiger partial charge < -0.3 is 0 Å². The number of hydrogen-bond acceptors (Lipinski definition) is 4. The van der Waals surface area contributed by atoms with Gasteiger partial charge in [0.15, 0.2) is 5.03 Å². The molecule has 0 unspecified atom stereocenters. The molecule has 0 aliphatic carbocycles. The standard InChI is InChI=1S/C11H7F3N4O2S/c12-11(13,14)8-1-2-9(7(5-8)6-15)18-21(19,20)10-3-4-16-17-10/h1-5,18H,(H,16,17). The fourth-order valence-electron chi connectivity index (χ4n) is 1.49. The van der Waals surface area contributed by atoms with Crippen LogP contribution in [0, 0.1) is 11.3 Å². The van der Waals surface area contributed by atoms with Crippen LogP contribution in [0.5, 0.6) is 0 Å². The normalized spacial score (nSPS) is 11.9. The van der Waals surface area contributed by atoms with Crippen LogP contribution in [0.15, 0.2) is 35.5 Å². The summed E-state index contributed by atoms with van der Waals surface area (Å²) in [5, 5.41) is 14.3. The fraction of sp³-hybridized carbons (Fsp3) is 0.0909. The zero-order chi connectivity index (χ0) is 15.7. The van der Waals surface area contributed by atoms with Gasteiger partial charge in [0.05, 0.1) is 23.0 Å². The van der Waals surface area contributed by atoms with Crippen molar-refractivity contribution in [3.8, 4) is 6.07 Å². The van der Waals surface area contributed by atoms with Gasteiger partial charge in [0.2, 0.25) is 0 Å². The van der Waals surface area contributed by atoms with E-state index in [0.717, 1.165) is 6.07 Å². The molecule has 0 amide bonds. The molecule has 0 saturated heterocycles. The number of hydrogen-bond donors (Lipinski definition) is 2. The van der Waals surface area contributed by atoms with Crippen LogP contribution in [-0.4, -0.2) is 18.6 Å². The molecule has 1 aromatic carbocycles. The van der Waals surface area contributed by atoms with Crippen LogP contribution >= 0.6 is 0 Å². The zero-order valence-corrected chi connectivity index (χ0v) is 11.0. The Labute approximate surface area is 117 Å². The van der Waals surface area contributed by atoms with Crippen molar-refractivity contribution in [2.24, 2.45) is 0 Å². The second kappa shape index (κ2) is 5.10. The number of H-pyrrole nitrogens is 1. The molecule has 1 heterocycles. The van der Waals surface area contributed by atoms with E-state index in [0.29, 0.717) is 12.1 Å². The summed E-state index contributed by atoms with van der Waals surface area (Å²) in [5.41, 5.74) is -1.73. The van der Waals surface area contributed by atoms with Crippen molar-refractivity contribution in [1.29, 1.82) is 5.26 Å². The number of sulfonamides is 1. The van der Waals surface area contributed by atoms with Crippen molar-refractivity contribution < 1.29 is 21.6 Å². The lowest BCUT2D eigenvalue weighted by atomic mass is 10.1. The molecule has 1 aromatic heterocycles. The number of halogens is 3. The van der Waals surface area contributed by atoms with Crippen molar-refractivity contribution in [3.63, 3.8) is 0 Å². The van der Waals surface area contributed by atoms with Crippen molar-refractivity contribution in [2.45, 2.75) is 11.2 Å². The van der Waals surface area contributed by atoms with Crippen LogP contribution in [0.25, 0.3) is 0 Å². The SMILES string of the molecule is N#Cc1cc(C(F)(F)F)ccc1NS(=O)(=O)c1ccn[nH]1. The van der Waals surface area contributed by atoms with Gasteiger partial charge in [0.25, 0.3) is 10.0 Å². The maximum atomic E-state index is 12.5. The quantitative estimate of drug-likeness (QED) is 0.906. The monoisotopic (exact) mass is 316 g/mol. The average molecular weight is 316 g/mol. The van der Waals surface area contributed by atoms with Crippen LogP contribution in [0.1, 0.15) is 11.1 Å². The van der Waals surface area contributed by atoms with Crippen molar-refractivity contribution in [2.75, 3.05) is 4.72 Å². The molecule has 0 bridgehead atoms. The number of aromatic nitrogens is 2. The lowest BCUT2D eigenvalue weighted by Gasteiger charge is -2.11. The summed E-state index contributed by atoms with van der Waals surface area (Å²) in [6, 6.07) is 4.83. The van der Waals surface area contributed by atoms with Gasteiger partial charge in [-0.3, -0.25) is 9.82 Å². The van der Waals surface area contributed by atoms with Crippen molar-refractivity contribution in [3.05, 3.63) is 41.6 Å². The van der Waals surface area contributed by atoms with E-state index >= 15 is 0 Å². The van der Waals surface area contributed by atoms with Crippen LogP contribution in [-0.2, 0) is 16.2 Å². The van der Waals surface area contributed by atoms with Crippen LogP contribution in [0.3, 0.4) is 0 Å². The number of rotatable bonds is 3. The van der Waals surface area contributed by atoms with E-state index in [-0.39, 0.29) is 10.7 Å². The van der Waals surface area contributed by atoms with E-state index in [4.69, 9.17) is 5.26 Å². The molecule has 2 rings (SSSR count). The molecule has 110 valence electrons. The lowest BCUT2D eigenvalue weighted by Crippen LogP contribution is -2.15. The van der Waals surface area contributed by atoms with Crippen LogP contribution in [0.2, 0.25) is 0 Å². The molecular formula is C11H7F3N4O2S. The van der Waals surface area contributed by atoms with Crippen molar-refractivity contribution >= 4 is 15.7 Å². The number of aromatic amines is 1. The molecule has 2 N–H and O–H groups in total. The molecule has 0 radical (unpaired) electrons. The highest BCUT2D eigenvalue weighted by Gasteiger charge is 2.31. The maximum Gasteiger partial charge on any atom is 0.416 e. The molecule has 0 aliphatic heterocycles. The molecule has 21 heavy (non-hydrogen) atoms. The Morgan fingerprint density at radius 1 is 1.29 bits per heavy atom. The van der Waals surface area contributed by atoms with E-state index in [2.05, 4.69) is 10.2 Å². The van der Waals surface area contributed by atoms with E-state index in [1.807, 2.05) is 4.72 Å². The summed E-state index contributed by atoms with van der Waals surface area (Å²) in [4.78, 5) is 0. The van der Waals surface area contributed by atoms with E-state index in [1.165, 1.54) is 18.3 Å². The van der Waals surface area contributed by atoms with E-state index in [1.54, 1.807) is 0 Å². The number of nitrogens with zero attached hydrogens (tertiary/aromatic N) is 2. The molecule has 0 aliphatic rings. The minimum Gasteiger partial charge on any atom is -0.277 e. The second-order valence-electron chi connectivity index (χ2n) is 3.90. The summed E-state index contributed by atoms with van der Waals surface area (Å²) in [5.74, 6) is 0. The molecule has 0 fully saturated rings. The maximum absolute atomic E-state index is 12.5. The van der Waals surface area contributed by atoms with Gasteiger partial charge in [0, 0.05) is 0 Å². The fourth-order valence-corrected chi connectivity index (χ4v) is 2.48. The minimum absolute atomic E-state index is 0.250. The van der Waals surface area contributed by atoms with E-state index < -0.39 is 27.3 Å². The predicted molar refractivity (Wildman–Crippen MR) is 65.6 cm³/mol. The second-order valence-corrected chi connectivity index (χ2v) is 5.55. The van der Waals surface area contributed by atoms with Gasteiger partial charge in [-0.1, -0.05) is 0 Å². The first kappa shape index (κ1) is 14.9. The highest BCUT2D eigenvalue weighted by atomic mass is 32.2. The van der Waals surface area contributed by atoms with Gasteiger partial charge in [-0.2, -0.15) is 31.9 Å². The Balaban J connectivity index is 2.40. The van der Waals surface area contributed by atoms with Crippen LogP contribution in [0.4, 0.5) is 18.9 Å². The third kappa shape index (κ3) is 3.14. The summed E-state index contributed by atoms with van der Waals surface area (Å²) in [7, 11) is -4.05. The summed E-state index contributed by atoms with van der Waals surface area (Å²) in [6.45, 7) is 0. The summed E-state index contributed by atoms with van der Waals surface area (Å²) < 4.78 is 63.4. The number of alkyl halides is 3. The number of anilines is 1. The highest BCUT2D eigenvalue weighted by molar-refractivity contribution is 7.92. The number of benzene rings is 1. The van der Waals surface area contributed by atoms with Crippen LogP contribution < -0.4 is 4.72 Å². The minimum atomic E-state index is -4.62. The van der Waals surface area contributed by atoms with Gasteiger partial charge in [0.1, 0.15) is 6.07 Å². The third-order valence-corrected chi connectivity index (χ3v) is 3.77. The predicted octanol–water partition coefficient (Wildman–Crippen LogP) is 2.10. The molecular weight excluding hydrogens is 309 g/mol. The molecule has 0 spiro atoms. The first-order valence-electron chi connectivity index (χ1n) is 5.37. The smallest absolute Gasteiger partial charge is 0.277 e. The first-order valence-corrected chi connectivity index (χ1v) is 6.86.